The molecule has 0 amide bonds. The molecule has 2 rings (SSSR count). The summed E-state index contributed by atoms with van der Waals surface area (Å²) in [6.45, 7) is 4.22. The average Bonchev–Trinajstić information content (AvgIpc) is 2.48. The highest BCUT2D eigenvalue weighted by atomic mass is 16.3. The molecule has 3 nitrogen and oxygen atoms in total. The molecule has 0 spiro atoms. The number of likely N-dealkylation sites (tertiary alicyclic amines) is 1. The summed E-state index contributed by atoms with van der Waals surface area (Å²) < 4.78 is 0. The van der Waals surface area contributed by atoms with E-state index >= 15 is 0 Å². The number of benzene rings is 1. The Hall–Kier alpha value is -0.900. The van der Waals surface area contributed by atoms with Crippen molar-refractivity contribution >= 4 is 0 Å². The van der Waals surface area contributed by atoms with Crippen LogP contribution in [-0.2, 0) is 5.60 Å². The second-order valence-electron chi connectivity index (χ2n) is 5.63. The molecule has 1 aliphatic heterocycles. The van der Waals surface area contributed by atoms with Crippen molar-refractivity contribution in [2.75, 3.05) is 19.6 Å². The van der Waals surface area contributed by atoms with Crippen LogP contribution in [0.2, 0.25) is 0 Å². The van der Waals surface area contributed by atoms with Gasteiger partial charge in [-0.25, -0.2) is 0 Å². The first-order valence-corrected chi connectivity index (χ1v) is 7.41. The third-order valence-corrected chi connectivity index (χ3v) is 4.33. The van der Waals surface area contributed by atoms with Gasteiger partial charge >= 0.3 is 0 Å². The summed E-state index contributed by atoms with van der Waals surface area (Å²) in [4.78, 5) is 2.42. The van der Waals surface area contributed by atoms with Crippen LogP contribution in [0, 0.1) is 0 Å². The molecule has 2 unspecified atom stereocenters. The van der Waals surface area contributed by atoms with E-state index in [1.807, 2.05) is 30.3 Å². The fourth-order valence-electron chi connectivity index (χ4n) is 3.09. The first kappa shape index (κ1) is 14.5. The monoisotopic (exact) mass is 262 g/mol. The molecular formula is C16H26N2O. The maximum atomic E-state index is 10.9. The number of hydrogen-bond acceptors (Lipinski definition) is 3. The molecule has 1 saturated heterocycles. The number of rotatable bonds is 5. The van der Waals surface area contributed by atoms with Crippen LogP contribution in [0.25, 0.3) is 0 Å². The highest BCUT2D eigenvalue weighted by molar-refractivity contribution is 5.23. The summed E-state index contributed by atoms with van der Waals surface area (Å²) >= 11 is 0. The minimum Gasteiger partial charge on any atom is -0.382 e. The topological polar surface area (TPSA) is 49.5 Å². The molecule has 19 heavy (non-hydrogen) atoms. The molecule has 0 bridgehead atoms. The van der Waals surface area contributed by atoms with Crippen LogP contribution in [0.1, 0.15) is 38.2 Å². The third kappa shape index (κ3) is 3.35. The summed E-state index contributed by atoms with van der Waals surface area (Å²) in [5.41, 5.74) is 5.87. The molecule has 3 heteroatoms. The maximum absolute atomic E-state index is 10.9. The first-order valence-electron chi connectivity index (χ1n) is 7.41. The van der Waals surface area contributed by atoms with E-state index in [2.05, 4.69) is 11.8 Å². The highest BCUT2D eigenvalue weighted by Gasteiger charge is 2.33. The SMILES string of the molecule is CCC1CCCCN1CC(O)(CN)c1ccccc1. The van der Waals surface area contributed by atoms with Gasteiger partial charge in [0.25, 0.3) is 0 Å². The van der Waals surface area contributed by atoms with Crippen LogP contribution in [0.3, 0.4) is 0 Å². The lowest BCUT2D eigenvalue weighted by molar-refractivity contribution is -0.0153. The van der Waals surface area contributed by atoms with Crippen molar-refractivity contribution in [3.8, 4) is 0 Å². The smallest absolute Gasteiger partial charge is 0.114 e. The van der Waals surface area contributed by atoms with Crippen molar-refractivity contribution in [1.82, 2.24) is 4.90 Å². The van der Waals surface area contributed by atoms with Gasteiger partial charge in [-0.2, -0.15) is 0 Å². The Morgan fingerprint density at radius 1 is 1.32 bits per heavy atom. The molecular weight excluding hydrogens is 236 g/mol. The zero-order chi connectivity index (χ0) is 13.7. The number of β-amino-alcohol motifs (C(OH)–C–C–N with tert-alkyl or cyclic N) is 1. The van der Waals surface area contributed by atoms with Crippen LogP contribution in [0.5, 0.6) is 0 Å². The maximum Gasteiger partial charge on any atom is 0.114 e. The van der Waals surface area contributed by atoms with Gasteiger partial charge in [0, 0.05) is 19.1 Å². The Balaban J connectivity index is 2.13. The summed E-state index contributed by atoms with van der Waals surface area (Å²) in [7, 11) is 0. The zero-order valence-electron chi connectivity index (χ0n) is 11.9. The molecule has 0 radical (unpaired) electrons. The molecule has 0 aromatic heterocycles. The molecule has 1 aliphatic rings. The van der Waals surface area contributed by atoms with E-state index in [1.165, 1.54) is 19.3 Å². The second-order valence-corrected chi connectivity index (χ2v) is 5.63. The highest BCUT2D eigenvalue weighted by Crippen LogP contribution is 2.26. The molecule has 1 fully saturated rings. The van der Waals surface area contributed by atoms with Crippen molar-refractivity contribution in [3.05, 3.63) is 35.9 Å². The minimum atomic E-state index is -0.925. The van der Waals surface area contributed by atoms with Gasteiger partial charge in [0.05, 0.1) is 0 Å². The van der Waals surface area contributed by atoms with Crippen LogP contribution >= 0.6 is 0 Å². The summed E-state index contributed by atoms with van der Waals surface area (Å²) in [6.07, 6.45) is 4.93. The minimum absolute atomic E-state index is 0.268. The van der Waals surface area contributed by atoms with Gasteiger partial charge < -0.3 is 10.8 Å². The van der Waals surface area contributed by atoms with Crippen molar-refractivity contribution in [1.29, 1.82) is 0 Å². The largest absolute Gasteiger partial charge is 0.382 e. The summed E-state index contributed by atoms with van der Waals surface area (Å²) in [5.74, 6) is 0. The van der Waals surface area contributed by atoms with E-state index < -0.39 is 5.60 Å². The van der Waals surface area contributed by atoms with Gasteiger partial charge in [-0.05, 0) is 31.4 Å². The lowest BCUT2D eigenvalue weighted by Crippen LogP contribution is -2.50. The van der Waals surface area contributed by atoms with Gasteiger partial charge in [0.15, 0.2) is 0 Å². The van der Waals surface area contributed by atoms with Crippen LogP contribution < -0.4 is 5.73 Å². The summed E-state index contributed by atoms with van der Waals surface area (Å²) in [5, 5.41) is 10.9. The number of nitrogens with zero attached hydrogens (tertiary/aromatic N) is 1. The normalized spacial score (nSPS) is 24.1. The molecule has 1 aromatic rings. The van der Waals surface area contributed by atoms with Gasteiger partial charge in [0.1, 0.15) is 5.60 Å². The van der Waals surface area contributed by atoms with E-state index in [0.717, 1.165) is 18.5 Å². The average molecular weight is 262 g/mol. The molecule has 1 heterocycles. The van der Waals surface area contributed by atoms with Gasteiger partial charge in [-0.15, -0.1) is 0 Å². The lowest BCUT2D eigenvalue weighted by atomic mass is 9.90. The Labute approximate surface area is 116 Å². The van der Waals surface area contributed by atoms with Gasteiger partial charge in [0.2, 0.25) is 0 Å². The fourth-order valence-corrected chi connectivity index (χ4v) is 3.09. The van der Waals surface area contributed by atoms with Crippen molar-refractivity contribution < 1.29 is 5.11 Å². The van der Waals surface area contributed by atoms with Crippen LogP contribution in [0.15, 0.2) is 30.3 Å². The molecule has 3 N–H and O–H groups in total. The molecule has 106 valence electrons. The number of piperidine rings is 1. The van der Waals surface area contributed by atoms with Gasteiger partial charge in [-0.1, -0.05) is 43.7 Å². The lowest BCUT2D eigenvalue weighted by Gasteiger charge is -2.40. The Morgan fingerprint density at radius 3 is 2.68 bits per heavy atom. The third-order valence-electron chi connectivity index (χ3n) is 4.33. The van der Waals surface area contributed by atoms with E-state index in [0.29, 0.717) is 12.6 Å². The van der Waals surface area contributed by atoms with E-state index in [-0.39, 0.29) is 6.54 Å². The van der Waals surface area contributed by atoms with Crippen LogP contribution in [-0.4, -0.2) is 35.7 Å². The summed E-state index contributed by atoms with van der Waals surface area (Å²) in [6, 6.07) is 10.4. The predicted octanol–water partition coefficient (Wildman–Crippen LogP) is 2.10. The Kier molecular flexibility index (Phi) is 4.97. The van der Waals surface area contributed by atoms with Gasteiger partial charge in [-0.3, -0.25) is 4.90 Å². The van der Waals surface area contributed by atoms with Crippen molar-refractivity contribution in [2.24, 2.45) is 5.73 Å². The standard InChI is InChI=1S/C16H26N2O/c1-2-15-10-6-7-11-18(15)13-16(19,12-17)14-8-4-3-5-9-14/h3-5,8-9,15,19H,2,6-7,10-13,17H2,1H3. The fraction of sp³-hybridized carbons (Fsp3) is 0.625. The first-order chi connectivity index (χ1) is 9.19. The zero-order valence-corrected chi connectivity index (χ0v) is 11.9. The second kappa shape index (κ2) is 6.51. The number of aliphatic hydroxyl groups is 1. The number of nitrogens with two attached hydrogens (primary N) is 1. The Morgan fingerprint density at radius 2 is 2.05 bits per heavy atom. The quantitative estimate of drug-likeness (QED) is 0.854. The number of hydrogen-bond donors (Lipinski definition) is 2. The van der Waals surface area contributed by atoms with Crippen LogP contribution in [0.4, 0.5) is 0 Å². The van der Waals surface area contributed by atoms with Crippen molar-refractivity contribution in [2.45, 2.75) is 44.2 Å². The van der Waals surface area contributed by atoms with E-state index in [9.17, 15) is 5.11 Å². The predicted molar refractivity (Wildman–Crippen MR) is 78.9 cm³/mol. The Bertz CT molecular complexity index is 382. The van der Waals surface area contributed by atoms with E-state index in [4.69, 9.17) is 5.73 Å². The molecule has 2 atom stereocenters. The van der Waals surface area contributed by atoms with E-state index in [1.54, 1.807) is 0 Å². The van der Waals surface area contributed by atoms with Crippen molar-refractivity contribution in [3.63, 3.8) is 0 Å². The molecule has 1 aromatic carbocycles. The molecule has 0 aliphatic carbocycles. The molecule has 0 saturated carbocycles.